The second-order valence-corrected chi connectivity index (χ2v) is 11.1. The first kappa shape index (κ1) is 24.3. The van der Waals surface area contributed by atoms with Crippen molar-refractivity contribution in [2.24, 2.45) is 7.05 Å². The molecule has 0 atom stereocenters. The summed E-state index contributed by atoms with van der Waals surface area (Å²) in [6.45, 7) is 3.87. The highest BCUT2D eigenvalue weighted by Gasteiger charge is 2.15. The molecule has 0 unspecified atom stereocenters. The van der Waals surface area contributed by atoms with Crippen molar-refractivity contribution < 1.29 is 13.2 Å². The second kappa shape index (κ2) is 9.25. The minimum atomic E-state index is -3.30. The third-order valence-electron chi connectivity index (χ3n) is 6.42. The Balaban J connectivity index is 1.53. The molecular weight excluding hydrogens is 486 g/mol. The van der Waals surface area contributed by atoms with Crippen molar-refractivity contribution in [1.82, 2.24) is 20.0 Å². The third-order valence-corrected chi connectivity index (χ3v) is 7.53. The first-order valence-corrected chi connectivity index (χ1v) is 13.5. The van der Waals surface area contributed by atoms with Gasteiger partial charge in [0.2, 0.25) is 0 Å². The van der Waals surface area contributed by atoms with E-state index in [1.165, 1.54) is 6.26 Å². The number of hydrogen-bond donors (Lipinski definition) is 1. The molecule has 0 radical (unpaired) electrons. The third kappa shape index (κ3) is 4.73. The fraction of sp³-hybridized carbons (Fsp3) is 0.143. The number of anilines is 1. The molecule has 2 heterocycles. The van der Waals surface area contributed by atoms with Crippen LogP contribution in [0.2, 0.25) is 0 Å². The molecule has 2 aromatic heterocycles. The molecule has 3 aromatic carbocycles. The molecule has 0 saturated carbocycles. The van der Waals surface area contributed by atoms with E-state index in [0.29, 0.717) is 17.1 Å². The Bertz CT molecular complexity index is 1790. The van der Waals surface area contributed by atoms with Crippen LogP contribution in [-0.4, -0.2) is 40.6 Å². The van der Waals surface area contributed by atoms with Crippen LogP contribution in [0.25, 0.3) is 33.2 Å². The number of aromatic nitrogens is 4. The lowest BCUT2D eigenvalue weighted by Gasteiger charge is -2.13. The summed E-state index contributed by atoms with van der Waals surface area (Å²) in [4.78, 5) is 13.2. The van der Waals surface area contributed by atoms with Crippen LogP contribution in [0.4, 0.5) is 5.82 Å². The number of nitrogens with one attached hydrogen (secondary N) is 1. The maximum Gasteiger partial charge on any atom is 0.256 e. The van der Waals surface area contributed by atoms with Crippen LogP contribution in [0.5, 0.6) is 0 Å². The Morgan fingerprint density at radius 1 is 0.919 bits per heavy atom. The summed E-state index contributed by atoms with van der Waals surface area (Å²) in [5, 5.41) is 17.3. The van der Waals surface area contributed by atoms with Crippen molar-refractivity contribution >= 4 is 32.3 Å². The van der Waals surface area contributed by atoms with Crippen LogP contribution in [0, 0.1) is 13.8 Å². The van der Waals surface area contributed by atoms with Gasteiger partial charge in [-0.25, -0.2) is 8.42 Å². The fourth-order valence-corrected chi connectivity index (χ4v) is 5.05. The minimum absolute atomic E-state index is 0.216. The van der Waals surface area contributed by atoms with Gasteiger partial charge in [-0.1, -0.05) is 24.3 Å². The molecule has 0 fully saturated rings. The van der Waals surface area contributed by atoms with Gasteiger partial charge >= 0.3 is 0 Å². The van der Waals surface area contributed by atoms with Crippen molar-refractivity contribution in [2.45, 2.75) is 18.7 Å². The van der Waals surface area contributed by atoms with Gasteiger partial charge in [0.1, 0.15) is 11.5 Å². The quantitative estimate of drug-likeness (QED) is 0.357. The predicted molar refractivity (Wildman–Crippen MR) is 144 cm³/mol. The lowest BCUT2D eigenvalue weighted by atomic mass is 9.94. The fourth-order valence-electron chi connectivity index (χ4n) is 4.35. The van der Waals surface area contributed by atoms with Crippen LogP contribution in [0.3, 0.4) is 0 Å². The molecule has 1 amide bonds. The summed E-state index contributed by atoms with van der Waals surface area (Å²) in [7, 11) is -1.53. The van der Waals surface area contributed by atoms with Crippen molar-refractivity contribution in [3.63, 3.8) is 0 Å². The van der Waals surface area contributed by atoms with Gasteiger partial charge in [0.25, 0.3) is 5.91 Å². The van der Waals surface area contributed by atoms with Gasteiger partial charge in [0.05, 0.1) is 17.3 Å². The normalized spacial score (nSPS) is 11.6. The molecule has 186 valence electrons. The van der Waals surface area contributed by atoms with Gasteiger partial charge in [-0.3, -0.25) is 9.48 Å². The van der Waals surface area contributed by atoms with Crippen LogP contribution in [-0.2, 0) is 16.9 Å². The number of aryl methyl sites for hydroxylation is 3. The van der Waals surface area contributed by atoms with Crippen LogP contribution in [0.15, 0.2) is 78.0 Å². The zero-order valence-electron chi connectivity index (χ0n) is 20.9. The van der Waals surface area contributed by atoms with E-state index in [4.69, 9.17) is 0 Å². The Kier molecular flexibility index (Phi) is 6.08. The number of carbonyl (C=O) groups excluding carboxylic acids is 1. The van der Waals surface area contributed by atoms with Gasteiger partial charge in [0, 0.05) is 41.3 Å². The topological polar surface area (TPSA) is 107 Å². The predicted octanol–water partition coefficient (Wildman–Crippen LogP) is 4.97. The Morgan fingerprint density at radius 3 is 2.43 bits per heavy atom. The van der Waals surface area contributed by atoms with Crippen molar-refractivity contribution in [3.8, 4) is 22.4 Å². The highest BCUT2D eigenvalue weighted by atomic mass is 32.2. The smallest absolute Gasteiger partial charge is 0.256 e. The summed E-state index contributed by atoms with van der Waals surface area (Å²) in [5.41, 5.74) is 5.76. The van der Waals surface area contributed by atoms with E-state index in [9.17, 15) is 13.2 Å². The molecule has 0 aliphatic heterocycles. The largest absolute Gasteiger partial charge is 0.307 e. The summed E-state index contributed by atoms with van der Waals surface area (Å²) < 4.78 is 25.5. The standard InChI is InChI=1S/C28H25N5O3S/c1-17-5-6-20(28(34)31-26-11-12-30-33(26)3)15-25(17)19-7-9-24-21(14-19)16-29-32-27(24)23-10-8-22(13-18(23)2)37(4,35)36/h5-16H,1-4H3,(H,31,34). The number of nitrogens with zero attached hydrogens (tertiary/aromatic N) is 4. The van der Waals surface area contributed by atoms with Crippen LogP contribution < -0.4 is 5.32 Å². The summed E-state index contributed by atoms with van der Waals surface area (Å²) in [6.07, 6.45) is 4.53. The average Bonchev–Trinajstić information content (AvgIpc) is 3.27. The van der Waals surface area contributed by atoms with E-state index in [0.717, 1.165) is 38.6 Å². The Morgan fingerprint density at radius 2 is 1.73 bits per heavy atom. The number of fused-ring (bicyclic) bond motifs is 1. The second-order valence-electron chi connectivity index (χ2n) is 9.07. The minimum Gasteiger partial charge on any atom is -0.307 e. The number of benzene rings is 3. The first-order chi connectivity index (χ1) is 17.6. The van der Waals surface area contributed by atoms with Crippen molar-refractivity contribution in [3.05, 3.63) is 89.7 Å². The molecule has 8 nitrogen and oxygen atoms in total. The Labute approximate surface area is 214 Å². The molecule has 37 heavy (non-hydrogen) atoms. The average molecular weight is 512 g/mol. The highest BCUT2D eigenvalue weighted by molar-refractivity contribution is 7.90. The molecule has 5 rings (SSSR count). The van der Waals surface area contributed by atoms with Gasteiger partial charge in [-0.15, -0.1) is 5.10 Å². The number of hydrogen-bond acceptors (Lipinski definition) is 6. The van der Waals surface area contributed by atoms with Gasteiger partial charge in [-0.2, -0.15) is 10.2 Å². The monoisotopic (exact) mass is 511 g/mol. The SMILES string of the molecule is Cc1ccc(C(=O)Nc2ccnn2C)cc1-c1ccc2c(-c3ccc(S(C)(=O)=O)cc3C)nncc2c1. The molecule has 0 aliphatic carbocycles. The van der Waals surface area contributed by atoms with E-state index < -0.39 is 9.84 Å². The summed E-state index contributed by atoms with van der Waals surface area (Å²) >= 11 is 0. The molecule has 0 aliphatic rings. The maximum atomic E-state index is 12.9. The summed E-state index contributed by atoms with van der Waals surface area (Å²) in [6, 6.07) is 18.4. The molecular formula is C28H25N5O3S. The zero-order valence-corrected chi connectivity index (χ0v) is 21.7. The maximum absolute atomic E-state index is 12.9. The molecule has 5 aromatic rings. The van der Waals surface area contributed by atoms with Crippen molar-refractivity contribution in [1.29, 1.82) is 0 Å². The van der Waals surface area contributed by atoms with E-state index in [1.54, 1.807) is 54.5 Å². The summed E-state index contributed by atoms with van der Waals surface area (Å²) in [5.74, 6) is 0.399. The van der Waals surface area contributed by atoms with Crippen LogP contribution >= 0.6 is 0 Å². The number of sulfone groups is 1. The molecule has 0 saturated heterocycles. The lowest BCUT2D eigenvalue weighted by molar-refractivity contribution is 0.102. The lowest BCUT2D eigenvalue weighted by Crippen LogP contribution is -2.14. The Hall–Kier alpha value is -4.37. The van der Waals surface area contributed by atoms with E-state index in [1.807, 2.05) is 44.2 Å². The molecule has 9 heteroatoms. The number of carbonyl (C=O) groups is 1. The van der Waals surface area contributed by atoms with Gasteiger partial charge in [0.15, 0.2) is 9.84 Å². The molecule has 1 N–H and O–H groups in total. The number of amides is 1. The van der Waals surface area contributed by atoms with Crippen LogP contribution in [0.1, 0.15) is 21.5 Å². The highest BCUT2D eigenvalue weighted by Crippen LogP contribution is 2.33. The van der Waals surface area contributed by atoms with E-state index >= 15 is 0 Å². The van der Waals surface area contributed by atoms with Crippen molar-refractivity contribution in [2.75, 3.05) is 11.6 Å². The molecule has 0 bridgehead atoms. The van der Waals surface area contributed by atoms with Gasteiger partial charge in [-0.05, 0) is 66.4 Å². The van der Waals surface area contributed by atoms with E-state index in [-0.39, 0.29) is 10.8 Å². The van der Waals surface area contributed by atoms with E-state index in [2.05, 4.69) is 20.6 Å². The molecule has 0 spiro atoms. The van der Waals surface area contributed by atoms with Gasteiger partial charge < -0.3 is 5.32 Å². The first-order valence-electron chi connectivity index (χ1n) is 11.6. The zero-order chi connectivity index (χ0) is 26.3. The number of rotatable bonds is 5.